The Morgan fingerprint density at radius 3 is 2.17 bits per heavy atom. The third-order valence-corrected chi connectivity index (χ3v) is 12.4. The molecule has 0 aliphatic rings. The Hall–Kier alpha value is -2.16. The average molecular weight is 440 g/mol. The highest BCUT2D eigenvalue weighted by Crippen LogP contribution is 2.37. The van der Waals surface area contributed by atoms with Gasteiger partial charge < -0.3 is 0 Å². The van der Waals surface area contributed by atoms with Crippen LogP contribution in [-0.2, 0) is 16.4 Å². The molecular weight excluding hydrogens is 406 g/mol. The number of nitrogens with zero attached hydrogens (tertiary/aromatic N) is 1. The molecule has 2 aromatic rings. The largest absolute Gasteiger partial charge is 0.282 e. The second-order valence-corrected chi connectivity index (χ2v) is 16.1. The van der Waals surface area contributed by atoms with Crippen molar-refractivity contribution in [2.45, 2.75) is 70.0 Å². The third-order valence-electron chi connectivity index (χ3n) is 5.81. The number of rotatable bonds is 6. The number of aryl methyl sites for hydroxylation is 2. The van der Waals surface area contributed by atoms with Crippen molar-refractivity contribution in [1.82, 2.24) is 0 Å². The molecule has 0 heterocycles. The quantitative estimate of drug-likeness (QED) is 0.233. The van der Waals surface area contributed by atoms with Gasteiger partial charge >= 0.3 is 0 Å². The summed E-state index contributed by atoms with van der Waals surface area (Å²) in [4.78, 5) is 0.218. The standard InChI is InChI=1S/C25H33NO2SSi/c1-21-17-19-23(20-18-21)29(27,28)26-24(30(5,6)25(2,3)4)16-12-8-11-15-22-13-9-7-10-14-22/h7,9-10,13-14,17-20H,8,11,15H2,1-6H3/b26-24+. The molecular formula is C25H33NO2SSi. The Bertz CT molecular complexity index is 1040. The topological polar surface area (TPSA) is 46.5 Å². The normalized spacial score (nSPS) is 12.9. The lowest BCUT2D eigenvalue weighted by Crippen LogP contribution is -2.46. The molecule has 0 atom stereocenters. The molecule has 0 saturated heterocycles. The lowest BCUT2D eigenvalue weighted by molar-refractivity contribution is 0.598. The zero-order chi connectivity index (χ0) is 22.4. The van der Waals surface area contributed by atoms with Crippen LogP contribution in [0, 0.1) is 18.8 Å². The number of hydrogen-bond donors (Lipinski definition) is 0. The van der Waals surface area contributed by atoms with Crippen LogP contribution in [0.25, 0.3) is 0 Å². The van der Waals surface area contributed by atoms with E-state index in [1.807, 2.05) is 25.1 Å². The fraction of sp³-hybridized carbons (Fsp3) is 0.400. The van der Waals surface area contributed by atoms with Crippen LogP contribution in [0.2, 0.25) is 18.1 Å². The van der Waals surface area contributed by atoms with E-state index in [4.69, 9.17) is 0 Å². The highest BCUT2D eigenvalue weighted by molar-refractivity contribution is 7.90. The van der Waals surface area contributed by atoms with Crippen LogP contribution in [-0.4, -0.2) is 21.8 Å². The molecule has 160 valence electrons. The highest BCUT2D eigenvalue weighted by atomic mass is 32.2. The van der Waals surface area contributed by atoms with Gasteiger partial charge in [0, 0.05) is 6.42 Å². The molecule has 2 aromatic carbocycles. The molecule has 0 bridgehead atoms. The van der Waals surface area contributed by atoms with Crippen molar-refractivity contribution < 1.29 is 8.42 Å². The first-order chi connectivity index (χ1) is 13.9. The highest BCUT2D eigenvalue weighted by Gasteiger charge is 2.40. The minimum absolute atomic E-state index is 0.0622. The van der Waals surface area contributed by atoms with E-state index in [1.54, 1.807) is 24.3 Å². The Balaban J connectivity index is 2.30. The first-order valence-electron chi connectivity index (χ1n) is 10.4. The summed E-state index contributed by atoms with van der Waals surface area (Å²) >= 11 is 0. The van der Waals surface area contributed by atoms with Crippen LogP contribution in [0.3, 0.4) is 0 Å². The minimum Gasteiger partial charge on any atom is -0.199 e. The van der Waals surface area contributed by atoms with Crippen LogP contribution in [0.15, 0.2) is 63.9 Å². The van der Waals surface area contributed by atoms with Gasteiger partial charge in [0.2, 0.25) is 0 Å². The van der Waals surface area contributed by atoms with Crippen molar-refractivity contribution in [2.24, 2.45) is 4.40 Å². The van der Waals surface area contributed by atoms with Crippen molar-refractivity contribution in [3.05, 3.63) is 65.7 Å². The third kappa shape index (κ3) is 6.42. The van der Waals surface area contributed by atoms with Gasteiger partial charge in [-0.15, -0.1) is 0 Å². The van der Waals surface area contributed by atoms with Gasteiger partial charge in [0.25, 0.3) is 10.0 Å². The summed E-state index contributed by atoms with van der Waals surface area (Å²) in [7, 11) is -6.00. The van der Waals surface area contributed by atoms with Crippen molar-refractivity contribution in [3.8, 4) is 11.8 Å². The average Bonchev–Trinajstić information content (AvgIpc) is 2.67. The second kappa shape index (κ2) is 9.76. The Labute approximate surface area is 183 Å². The summed E-state index contributed by atoms with van der Waals surface area (Å²) in [5, 5.41) is 0.489. The van der Waals surface area contributed by atoms with Crippen LogP contribution in [0.4, 0.5) is 0 Å². The fourth-order valence-corrected chi connectivity index (χ4v) is 5.96. The predicted octanol–water partition coefficient (Wildman–Crippen LogP) is 6.20. The van der Waals surface area contributed by atoms with Gasteiger partial charge in [0.1, 0.15) is 8.07 Å². The van der Waals surface area contributed by atoms with Gasteiger partial charge in [-0.05, 0) is 42.5 Å². The Morgan fingerprint density at radius 1 is 1.00 bits per heavy atom. The monoisotopic (exact) mass is 439 g/mol. The fourth-order valence-electron chi connectivity index (χ4n) is 2.70. The molecule has 0 amide bonds. The Kier molecular flexibility index (Phi) is 7.85. The first kappa shape index (κ1) is 24.1. The SMILES string of the molecule is Cc1ccc(S(=O)(=O)/N=C(\C#CCCCc2ccccc2)[Si](C)(C)C(C)(C)C)cc1. The van der Waals surface area contributed by atoms with Gasteiger partial charge in [0.05, 0.1) is 10.2 Å². The van der Waals surface area contributed by atoms with Crippen molar-refractivity contribution in [2.75, 3.05) is 0 Å². The zero-order valence-corrected chi connectivity index (χ0v) is 20.8. The van der Waals surface area contributed by atoms with Crippen molar-refractivity contribution >= 4 is 23.4 Å². The van der Waals surface area contributed by atoms with E-state index in [1.165, 1.54) is 5.56 Å². The summed E-state index contributed by atoms with van der Waals surface area (Å²) in [6.07, 6.45) is 2.61. The van der Waals surface area contributed by atoms with Crippen molar-refractivity contribution in [1.29, 1.82) is 0 Å². The molecule has 0 fully saturated rings. The van der Waals surface area contributed by atoms with Gasteiger partial charge in [-0.3, -0.25) is 0 Å². The van der Waals surface area contributed by atoms with Gasteiger partial charge in [-0.2, -0.15) is 12.8 Å². The smallest absolute Gasteiger partial charge is 0.199 e. The van der Waals surface area contributed by atoms with Gasteiger partial charge in [0.15, 0.2) is 0 Å². The van der Waals surface area contributed by atoms with E-state index >= 15 is 0 Å². The maximum Gasteiger partial charge on any atom is 0.282 e. The summed E-state index contributed by atoms with van der Waals surface area (Å²) in [6, 6.07) is 17.1. The molecule has 0 aliphatic heterocycles. The Morgan fingerprint density at radius 2 is 1.60 bits per heavy atom. The predicted molar refractivity (Wildman–Crippen MR) is 130 cm³/mol. The number of benzene rings is 2. The lowest BCUT2D eigenvalue weighted by atomic mass is 10.1. The molecule has 0 aliphatic carbocycles. The van der Waals surface area contributed by atoms with E-state index in [0.29, 0.717) is 11.8 Å². The molecule has 30 heavy (non-hydrogen) atoms. The number of hydrogen-bond acceptors (Lipinski definition) is 2. The lowest BCUT2D eigenvalue weighted by Gasteiger charge is -2.35. The molecule has 2 rings (SSSR count). The van der Waals surface area contributed by atoms with E-state index in [9.17, 15) is 8.42 Å². The van der Waals surface area contributed by atoms with Crippen LogP contribution in [0.1, 0.15) is 44.7 Å². The van der Waals surface area contributed by atoms with Crippen LogP contribution >= 0.6 is 0 Å². The number of sulfonamides is 1. The van der Waals surface area contributed by atoms with E-state index in [0.717, 1.165) is 18.4 Å². The molecule has 0 radical (unpaired) electrons. The minimum atomic E-state index is -3.79. The molecule has 0 saturated carbocycles. The van der Waals surface area contributed by atoms with E-state index in [2.05, 4.69) is 62.2 Å². The van der Waals surface area contributed by atoms with Crippen LogP contribution in [0.5, 0.6) is 0 Å². The molecule has 0 spiro atoms. The van der Waals surface area contributed by atoms with E-state index < -0.39 is 18.1 Å². The number of unbranched alkanes of at least 4 members (excludes halogenated alkanes) is 1. The van der Waals surface area contributed by atoms with Gasteiger partial charge in [-0.1, -0.05) is 93.7 Å². The summed E-state index contributed by atoms with van der Waals surface area (Å²) in [6.45, 7) is 12.7. The maximum atomic E-state index is 13.0. The van der Waals surface area contributed by atoms with E-state index in [-0.39, 0.29) is 9.93 Å². The molecule has 3 nitrogen and oxygen atoms in total. The molecule has 5 heteroatoms. The second-order valence-electron chi connectivity index (χ2n) is 9.24. The molecule has 0 aromatic heterocycles. The summed E-state index contributed by atoms with van der Waals surface area (Å²) < 4.78 is 30.2. The van der Waals surface area contributed by atoms with Crippen molar-refractivity contribution in [3.63, 3.8) is 0 Å². The van der Waals surface area contributed by atoms with Gasteiger partial charge in [-0.25, -0.2) is 0 Å². The van der Waals surface area contributed by atoms with Crippen LogP contribution < -0.4 is 0 Å². The molecule has 0 N–H and O–H groups in total. The first-order valence-corrected chi connectivity index (χ1v) is 14.8. The maximum absolute atomic E-state index is 13.0. The summed E-state index contributed by atoms with van der Waals surface area (Å²) in [5.41, 5.74) is 2.31. The molecule has 0 unspecified atom stereocenters. The zero-order valence-electron chi connectivity index (χ0n) is 19.0. The summed E-state index contributed by atoms with van der Waals surface area (Å²) in [5.74, 6) is 6.38.